The Labute approximate surface area is 177 Å². The lowest BCUT2D eigenvalue weighted by Crippen LogP contribution is -2.36. The molecule has 1 aromatic heterocycles. The van der Waals surface area contributed by atoms with Gasteiger partial charge in [-0.3, -0.25) is 19.3 Å². The lowest BCUT2D eigenvalue weighted by molar-refractivity contribution is -0.127. The predicted molar refractivity (Wildman–Crippen MR) is 111 cm³/mol. The average Bonchev–Trinajstić information content (AvgIpc) is 3.13. The third kappa shape index (κ3) is 4.66. The zero-order valence-electron chi connectivity index (χ0n) is 13.8. The normalized spacial score (nSPS) is 15.5. The molecule has 1 aliphatic rings. The van der Waals surface area contributed by atoms with Crippen molar-refractivity contribution in [1.29, 1.82) is 0 Å². The summed E-state index contributed by atoms with van der Waals surface area (Å²) in [6, 6.07) is 8.16. The Bertz CT molecular complexity index is 959. The van der Waals surface area contributed by atoms with Crippen LogP contribution in [-0.2, 0) is 9.59 Å². The quantitative estimate of drug-likeness (QED) is 0.471. The van der Waals surface area contributed by atoms with Gasteiger partial charge in [0.1, 0.15) is 18.1 Å². The molecule has 2 aromatic rings. The highest BCUT2D eigenvalue weighted by atomic mass is 127. The van der Waals surface area contributed by atoms with Gasteiger partial charge in [0.15, 0.2) is 3.77 Å². The zero-order valence-corrected chi connectivity index (χ0v) is 17.6. The lowest BCUT2D eigenvalue weighted by Gasteiger charge is -2.13. The highest BCUT2D eigenvalue weighted by molar-refractivity contribution is 14.1. The van der Waals surface area contributed by atoms with E-state index in [2.05, 4.69) is 5.32 Å². The molecule has 0 bridgehead atoms. The van der Waals surface area contributed by atoms with Crippen LogP contribution in [0.2, 0.25) is 5.02 Å². The summed E-state index contributed by atoms with van der Waals surface area (Å²) in [5, 5.41) is 2.41. The van der Waals surface area contributed by atoms with Crippen molar-refractivity contribution in [2.75, 3.05) is 19.0 Å². The van der Waals surface area contributed by atoms with Crippen LogP contribution in [0.15, 0.2) is 39.7 Å². The maximum absolute atomic E-state index is 12.4. The molecular weight excluding hydrogens is 507 g/mol. The Kier molecular flexibility index (Phi) is 6.12. The summed E-state index contributed by atoms with van der Waals surface area (Å²) in [4.78, 5) is 37.8. The monoisotopic (exact) mass is 518 g/mol. The number of nitrogens with zero attached hydrogens (tertiary/aromatic N) is 1. The first-order valence-electron chi connectivity index (χ1n) is 7.51. The fraction of sp³-hybridized carbons (Fsp3) is 0.118. The maximum Gasteiger partial charge on any atom is 0.294 e. The van der Waals surface area contributed by atoms with E-state index in [0.717, 1.165) is 16.7 Å². The summed E-state index contributed by atoms with van der Waals surface area (Å²) >= 11 is 8.77. The average molecular weight is 519 g/mol. The Morgan fingerprint density at radius 3 is 2.78 bits per heavy atom. The number of amides is 3. The van der Waals surface area contributed by atoms with E-state index in [4.69, 9.17) is 20.8 Å². The summed E-state index contributed by atoms with van der Waals surface area (Å²) in [6.07, 6.45) is 1.48. The number of ether oxygens (including phenoxy) is 1. The third-order valence-corrected chi connectivity index (χ3v) is 5.26. The molecule has 7 nitrogen and oxygen atoms in total. The third-order valence-electron chi connectivity index (χ3n) is 3.48. The number of methoxy groups -OCH3 is 1. The maximum atomic E-state index is 12.4. The number of carbonyl (C=O) groups excluding carboxylic acids is 3. The number of thioether (sulfide) groups is 1. The molecule has 140 valence electrons. The molecule has 3 amide bonds. The number of benzene rings is 1. The minimum Gasteiger partial charge on any atom is -0.495 e. The first kappa shape index (κ1) is 19.8. The highest BCUT2D eigenvalue weighted by Gasteiger charge is 2.36. The van der Waals surface area contributed by atoms with Gasteiger partial charge in [-0.15, -0.1) is 0 Å². The summed E-state index contributed by atoms with van der Waals surface area (Å²) in [5.74, 6) is -0.132. The number of carbonyl (C=O) groups is 3. The van der Waals surface area contributed by atoms with Crippen LogP contribution in [-0.4, -0.2) is 35.6 Å². The standard InChI is InChI=1S/C17H12ClIN2O5S/c1-25-12-4-2-9(6-11(12)18)20-15(22)8-21-16(23)13(27-17(21)24)7-10-3-5-14(19)26-10/h2-7H,8H2,1H3,(H,20,22)/b13-7-. The van der Waals surface area contributed by atoms with Crippen LogP contribution in [0, 0.1) is 3.77 Å². The van der Waals surface area contributed by atoms with Crippen LogP contribution in [0.25, 0.3) is 6.08 Å². The smallest absolute Gasteiger partial charge is 0.294 e. The van der Waals surface area contributed by atoms with E-state index in [1.54, 1.807) is 24.3 Å². The molecule has 0 saturated carbocycles. The van der Waals surface area contributed by atoms with Crippen molar-refractivity contribution in [2.24, 2.45) is 0 Å². The second-order valence-corrected chi connectivity index (χ2v) is 7.77. The molecule has 1 saturated heterocycles. The van der Waals surface area contributed by atoms with Gasteiger partial charge < -0.3 is 14.5 Å². The van der Waals surface area contributed by atoms with Crippen molar-refractivity contribution in [3.8, 4) is 5.75 Å². The van der Waals surface area contributed by atoms with Gasteiger partial charge in [-0.1, -0.05) is 11.6 Å². The van der Waals surface area contributed by atoms with Crippen molar-refractivity contribution < 1.29 is 23.5 Å². The molecule has 0 spiro atoms. The van der Waals surface area contributed by atoms with Crippen LogP contribution in [0.1, 0.15) is 5.76 Å². The van der Waals surface area contributed by atoms with Crippen LogP contribution in [0.4, 0.5) is 10.5 Å². The van der Waals surface area contributed by atoms with Gasteiger partial charge in [-0.25, -0.2) is 0 Å². The SMILES string of the molecule is COc1ccc(NC(=O)CN2C(=O)S/C(=C\c3ccc(I)o3)C2=O)cc1Cl. The van der Waals surface area contributed by atoms with Crippen LogP contribution < -0.4 is 10.1 Å². The number of rotatable bonds is 5. The summed E-state index contributed by atoms with van der Waals surface area (Å²) in [7, 11) is 1.48. The number of hydrogen-bond acceptors (Lipinski definition) is 6. The minimum absolute atomic E-state index is 0.200. The van der Waals surface area contributed by atoms with E-state index < -0.39 is 23.6 Å². The minimum atomic E-state index is -0.542. The van der Waals surface area contributed by atoms with Crippen molar-refractivity contribution in [3.63, 3.8) is 0 Å². The topological polar surface area (TPSA) is 88.8 Å². The second kappa shape index (κ2) is 8.36. The molecule has 1 aromatic carbocycles. The number of halogens is 2. The van der Waals surface area contributed by atoms with Crippen molar-refractivity contribution in [2.45, 2.75) is 0 Å². The van der Waals surface area contributed by atoms with E-state index in [1.807, 2.05) is 22.6 Å². The Morgan fingerprint density at radius 2 is 2.15 bits per heavy atom. The molecule has 1 N–H and O–H groups in total. The summed E-state index contributed by atoms with van der Waals surface area (Å²) < 4.78 is 11.1. The first-order chi connectivity index (χ1) is 12.9. The van der Waals surface area contributed by atoms with E-state index in [0.29, 0.717) is 26.0 Å². The Morgan fingerprint density at radius 1 is 1.37 bits per heavy atom. The van der Waals surface area contributed by atoms with E-state index in [1.165, 1.54) is 19.3 Å². The Balaban J connectivity index is 1.67. The molecule has 0 atom stereocenters. The molecule has 3 rings (SSSR count). The largest absolute Gasteiger partial charge is 0.495 e. The highest BCUT2D eigenvalue weighted by Crippen LogP contribution is 2.32. The second-order valence-electron chi connectivity index (χ2n) is 5.31. The molecule has 10 heteroatoms. The van der Waals surface area contributed by atoms with Gasteiger partial charge in [0.05, 0.1) is 17.0 Å². The number of imide groups is 1. The van der Waals surface area contributed by atoms with Gasteiger partial charge >= 0.3 is 0 Å². The van der Waals surface area contributed by atoms with Crippen LogP contribution in [0.3, 0.4) is 0 Å². The van der Waals surface area contributed by atoms with E-state index >= 15 is 0 Å². The molecular formula is C17H12ClIN2O5S. The van der Waals surface area contributed by atoms with Crippen molar-refractivity contribution >= 4 is 74.8 Å². The number of nitrogens with one attached hydrogen (secondary N) is 1. The molecule has 0 aliphatic carbocycles. The molecule has 2 heterocycles. The first-order valence-corrected chi connectivity index (χ1v) is 9.79. The van der Waals surface area contributed by atoms with Crippen molar-refractivity contribution in [3.05, 3.63) is 49.8 Å². The van der Waals surface area contributed by atoms with Crippen LogP contribution in [0.5, 0.6) is 5.75 Å². The summed E-state index contributed by atoms with van der Waals surface area (Å²) in [6.45, 7) is -0.401. The number of furan rings is 1. The Hall–Kier alpha value is -1.98. The fourth-order valence-electron chi connectivity index (χ4n) is 2.26. The molecule has 27 heavy (non-hydrogen) atoms. The molecule has 0 unspecified atom stereocenters. The zero-order chi connectivity index (χ0) is 19.6. The number of anilines is 1. The van der Waals surface area contributed by atoms with Gasteiger partial charge in [-0.2, -0.15) is 0 Å². The van der Waals surface area contributed by atoms with E-state index in [9.17, 15) is 14.4 Å². The number of hydrogen-bond donors (Lipinski definition) is 1. The van der Waals surface area contributed by atoms with Gasteiger partial charge in [-0.05, 0) is 64.7 Å². The predicted octanol–water partition coefficient (Wildman–Crippen LogP) is 4.22. The van der Waals surface area contributed by atoms with Gasteiger partial charge in [0.25, 0.3) is 11.1 Å². The summed E-state index contributed by atoms with van der Waals surface area (Å²) in [5.41, 5.74) is 0.429. The van der Waals surface area contributed by atoms with Gasteiger partial charge in [0, 0.05) is 11.8 Å². The lowest BCUT2D eigenvalue weighted by atomic mass is 10.3. The molecule has 1 fully saturated rings. The molecule has 0 radical (unpaired) electrons. The van der Waals surface area contributed by atoms with Crippen LogP contribution >= 0.6 is 46.0 Å². The van der Waals surface area contributed by atoms with E-state index in [-0.39, 0.29) is 4.91 Å². The fourth-order valence-corrected chi connectivity index (χ4v) is 3.77. The van der Waals surface area contributed by atoms with Gasteiger partial charge in [0.2, 0.25) is 5.91 Å². The molecule has 1 aliphatic heterocycles. The van der Waals surface area contributed by atoms with Crippen molar-refractivity contribution in [1.82, 2.24) is 4.90 Å².